The molecule has 6 nitrogen and oxygen atoms in total. The lowest BCUT2D eigenvalue weighted by atomic mass is 10.1. The van der Waals surface area contributed by atoms with Crippen LogP contribution >= 0.6 is 11.8 Å². The summed E-state index contributed by atoms with van der Waals surface area (Å²) in [5, 5.41) is 12.2. The van der Waals surface area contributed by atoms with E-state index in [1.54, 1.807) is 24.3 Å². The van der Waals surface area contributed by atoms with Crippen molar-refractivity contribution in [2.75, 3.05) is 11.1 Å². The zero-order valence-corrected chi connectivity index (χ0v) is 17.7. The van der Waals surface area contributed by atoms with Crippen molar-refractivity contribution in [2.24, 2.45) is 0 Å². The summed E-state index contributed by atoms with van der Waals surface area (Å²) >= 11 is 1.40. The fourth-order valence-electron chi connectivity index (χ4n) is 3.06. The van der Waals surface area contributed by atoms with E-state index in [9.17, 15) is 9.59 Å². The van der Waals surface area contributed by atoms with Crippen LogP contribution in [0.4, 0.5) is 5.69 Å². The zero-order valence-electron chi connectivity index (χ0n) is 16.9. The van der Waals surface area contributed by atoms with Gasteiger partial charge in [0.25, 0.3) is 0 Å². The number of allylic oxidation sites excluding steroid dienone is 1. The predicted octanol–water partition coefficient (Wildman–Crippen LogP) is 4.84. The second-order valence-corrected chi connectivity index (χ2v) is 8.25. The van der Waals surface area contributed by atoms with Gasteiger partial charge in [-0.3, -0.25) is 9.59 Å². The molecule has 1 aromatic heterocycles. The van der Waals surface area contributed by atoms with Gasteiger partial charge in [-0.15, -0.1) is 16.8 Å². The number of aromatic nitrogens is 3. The maximum Gasteiger partial charge on any atom is 0.224 e. The van der Waals surface area contributed by atoms with Crippen LogP contribution in [0.25, 0.3) is 0 Å². The molecule has 0 atom stereocenters. The van der Waals surface area contributed by atoms with Gasteiger partial charge in [-0.2, -0.15) is 0 Å². The lowest BCUT2D eigenvalue weighted by Crippen LogP contribution is -2.11. The Kier molecular flexibility index (Phi) is 7.63. The van der Waals surface area contributed by atoms with Gasteiger partial charge in [0.2, 0.25) is 5.91 Å². The summed E-state index contributed by atoms with van der Waals surface area (Å²) in [6.45, 7) is 6.57. The van der Waals surface area contributed by atoms with Gasteiger partial charge in [-0.05, 0) is 43.5 Å². The largest absolute Gasteiger partial charge is 0.326 e. The van der Waals surface area contributed by atoms with Gasteiger partial charge in [0.15, 0.2) is 10.9 Å². The molecule has 1 saturated carbocycles. The van der Waals surface area contributed by atoms with E-state index in [1.807, 2.05) is 6.08 Å². The Labute approximate surface area is 176 Å². The van der Waals surface area contributed by atoms with E-state index in [4.69, 9.17) is 0 Å². The molecule has 1 aliphatic carbocycles. The van der Waals surface area contributed by atoms with E-state index in [0.717, 1.165) is 48.8 Å². The number of thioether (sulfide) groups is 1. The Hall–Kier alpha value is -2.41. The van der Waals surface area contributed by atoms with Crippen LogP contribution < -0.4 is 5.32 Å². The summed E-state index contributed by atoms with van der Waals surface area (Å²) in [5.41, 5.74) is 1.34. The fraction of sp³-hybridized carbons (Fsp3) is 0.455. The third-order valence-corrected chi connectivity index (χ3v) is 5.80. The molecule has 0 saturated heterocycles. The number of unbranched alkanes of at least 4 members (excludes halogenated alkanes) is 2. The molecule has 7 heteroatoms. The molecule has 1 fully saturated rings. The maximum atomic E-state index is 12.6. The van der Waals surface area contributed by atoms with Crippen LogP contribution in [-0.4, -0.2) is 32.2 Å². The molecule has 1 aromatic carbocycles. The number of carbonyl (C=O) groups excluding carboxylic acids is 2. The number of hydrogen-bond donors (Lipinski definition) is 1. The minimum Gasteiger partial charge on any atom is -0.326 e. The molecule has 1 heterocycles. The van der Waals surface area contributed by atoms with E-state index in [0.29, 0.717) is 30.2 Å². The maximum absolute atomic E-state index is 12.6. The monoisotopic (exact) mass is 412 g/mol. The highest BCUT2D eigenvalue weighted by Gasteiger charge is 2.30. The summed E-state index contributed by atoms with van der Waals surface area (Å²) in [5.74, 6) is 1.83. The van der Waals surface area contributed by atoms with Crippen molar-refractivity contribution in [3.05, 3.63) is 48.3 Å². The Morgan fingerprint density at radius 3 is 2.66 bits per heavy atom. The summed E-state index contributed by atoms with van der Waals surface area (Å²) < 4.78 is 2.06. The first-order valence-corrected chi connectivity index (χ1v) is 11.2. The highest BCUT2D eigenvalue weighted by atomic mass is 32.2. The molecule has 1 aliphatic rings. The van der Waals surface area contributed by atoms with E-state index in [2.05, 4.69) is 33.6 Å². The first kappa shape index (κ1) is 21.3. The molecular formula is C22H28N4O2S. The molecule has 154 valence electrons. The third kappa shape index (κ3) is 6.03. The highest BCUT2D eigenvalue weighted by Crippen LogP contribution is 2.40. The Bertz CT molecular complexity index is 856. The number of anilines is 1. The Balaban J connectivity index is 1.53. The van der Waals surface area contributed by atoms with Gasteiger partial charge in [0, 0.05) is 30.1 Å². The molecule has 1 amide bonds. The van der Waals surface area contributed by atoms with Crippen LogP contribution in [0.1, 0.15) is 67.5 Å². The number of rotatable bonds is 12. The molecule has 0 aliphatic heterocycles. The number of nitrogens with zero attached hydrogens (tertiary/aromatic N) is 3. The number of hydrogen-bond acceptors (Lipinski definition) is 5. The van der Waals surface area contributed by atoms with E-state index in [1.165, 1.54) is 11.8 Å². The van der Waals surface area contributed by atoms with Crippen LogP contribution in [-0.2, 0) is 11.3 Å². The molecule has 3 rings (SSSR count). The van der Waals surface area contributed by atoms with E-state index < -0.39 is 0 Å². The summed E-state index contributed by atoms with van der Waals surface area (Å²) in [7, 11) is 0. The highest BCUT2D eigenvalue weighted by molar-refractivity contribution is 7.99. The van der Waals surface area contributed by atoms with E-state index >= 15 is 0 Å². The van der Waals surface area contributed by atoms with Crippen molar-refractivity contribution < 1.29 is 9.59 Å². The van der Waals surface area contributed by atoms with Crippen molar-refractivity contribution in [1.82, 2.24) is 14.8 Å². The molecular weight excluding hydrogens is 384 g/mol. The smallest absolute Gasteiger partial charge is 0.224 e. The second kappa shape index (κ2) is 10.4. The second-order valence-electron chi connectivity index (χ2n) is 7.31. The molecule has 1 N–H and O–H groups in total. The van der Waals surface area contributed by atoms with Crippen molar-refractivity contribution in [2.45, 2.75) is 63.1 Å². The van der Waals surface area contributed by atoms with Gasteiger partial charge in [-0.25, -0.2) is 0 Å². The Morgan fingerprint density at radius 1 is 1.24 bits per heavy atom. The lowest BCUT2D eigenvalue weighted by Gasteiger charge is -2.08. The number of amides is 1. The van der Waals surface area contributed by atoms with Crippen LogP contribution in [0.5, 0.6) is 0 Å². The van der Waals surface area contributed by atoms with Crippen molar-refractivity contribution in [1.29, 1.82) is 0 Å². The topological polar surface area (TPSA) is 76.9 Å². The molecule has 2 aromatic rings. The molecule has 0 spiro atoms. The first-order valence-electron chi connectivity index (χ1n) is 10.2. The number of benzene rings is 1. The summed E-state index contributed by atoms with van der Waals surface area (Å²) in [4.78, 5) is 24.5. The molecule has 0 radical (unpaired) electrons. The van der Waals surface area contributed by atoms with Crippen molar-refractivity contribution >= 4 is 29.1 Å². The van der Waals surface area contributed by atoms with Gasteiger partial charge >= 0.3 is 0 Å². The van der Waals surface area contributed by atoms with Gasteiger partial charge in [0.05, 0.1) is 5.75 Å². The van der Waals surface area contributed by atoms with Crippen LogP contribution in [0.3, 0.4) is 0 Å². The Morgan fingerprint density at radius 2 is 2.00 bits per heavy atom. The predicted molar refractivity (Wildman–Crippen MR) is 116 cm³/mol. The average molecular weight is 413 g/mol. The minimum atomic E-state index is 0.0149. The van der Waals surface area contributed by atoms with E-state index in [-0.39, 0.29) is 11.7 Å². The van der Waals surface area contributed by atoms with Gasteiger partial charge in [-0.1, -0.05) is 37.6 Å². The molecule has 29 heavy (non-hydrogen) atoms. The van der Waals surface area contributed by atoms with Gasteiger partial charge in [0.1, 0.15) is 5.82 Å². The number of ketones is 1. The van der Waals surface area contributed by atoms with Gasteiger partial charge < -0.3 is 9.88 Å². The molecule has 0 bridgehead atoms. The SMILES string of the molecule is C=CCn1c(SCC(=O)c2ccc(NC(=O)CCCCC)cc2)nnc1C1CC1. The summed E-state index contributed by atoms with van der Waals surface area (Å²) in [6.07, 6.45) is 7.71. The lowest BCUT2D eigenvalue weighted by molar-refractivity contribution is -0.116. The zero-order chi connectivity index (χ0) is 20.6. The first-order chi connectivity index (χ1) is 14.1. The van der Waals surface area contributed by atoms with Crippen LogP contribution in [0.2, 0.25) is 0 Å². The molecule has 0 unspecified atom stereocenters. The summed E-state index contributed by atoms with van der Waals surface area (Å²) in [6, 6.07) is 7.07. The average Bonchev–Trinajstić information content (AvgIpc) is 3.49. The standard InChI is InChI=1S/C22H28N4O2S/c1-3-5-6-7-20(28)23-18-12-10-16(11-13-18)19(27)15-29-22-25-24-21(17-8-9-17)26(22)14-4-2/h4,10-13,17H,2-3,5-9,14-15H2,1H3,(H,23,28). The minimum absolute atomic E-state index is 0.0149. The van der Waals surface area contributed by atoms with Crippen LogP contribution in [0.15, 0.2) is 42.1 Å². The van der Waals surface area contributed by atoms with Crippen molar-refractivity contribution in [3.63, 3.8) is 0 Å². The number of Topliss-reactive ketones (excluding diaryl/α,β-unsaturated/α-hetero) is 1. The quantitative estimate of drug-likeness (QED) is 0.234. The third-order valence-electron chi connectivity index (χ3n) is 4.83. The normalized spacial score (nSPS) is 13.3. The fourth-order valence-corrected chi connectivity index (χ4v) is 3.91. The van der Waals surface area contributed by atoms with Crippen molar-refractivity contribution in [3.8, 4) is 0 Å². The van der Waals surface area contributed by atoms with Crippen LogP contribution in [0, 0.1) is 0 Å². The number of nitrogens with one attached hydrogen (secondary N) is 1. The number of carbonyl (C=O) groups is 2.